The van der Waals surface area contributed by atoms with Gasteiger partial charge in [-0.25, -0.2) is 0 Å². The molecule has 0 atom stereocenters. The minimum Gasteiger partial charge on any atom is -0.328 e. The maximum absolute atomic E-state index is 11.1. The van der Waals surface area contributed by atoms with Crippen molar-refractivity contribution < 1.29 is 0 Å². The molecule has 0 aliphatic carbocycles. The minimum atomic E-state index is -0.0812. The third-order valence-electron chi connectivity index (χ3n) is 2.15. The predicted octanol–water partition coefficient (Wildman–Crippen LogP) is 2.33. The van der Waals surface area contributed by atoms with Gasteiger partial charge in [0, 0.05) is 35.6 Å². The van der Waals surface area contributed by atoms with Crippen LogP contribution in [0.5, 0.6) is 0 Å². The van der Waals surface area contributed by atoms with Crippen LogP contribution < -0.4 is 5.56 Å². The molecule has 0 bridgehead atoms. The number of rotatable bonds is 2. The van der Waals surface area contributed by atoms with Gasteiger partial charge in [-0.3, -0.25) is 9.78 Å². The summed E-state index contributed by atoms with van der Waals surface area (Å²) in [5.41, 5.74) is 2.97. The second-order valence-corrected chi connectivity index (χ2v) is 3.67. The van der Waals surface area contributed by atoms with E-state index in [9.17, 15) is 4.79 Å². The fourth-order valence-electron chi connectivity index (χ4n) is 1.42. The molecule has 4 heteroatoms. The fraction of sp³-hybridized carbons (Fsp3) is 0.0909. The number of aromatic nitrogens is 2. The van der Waals surface area contributed by atoms with E-state index in [-0.39, 0.29) is 5.56 Å². The van der Waals surface area contributed by atoms with E-state index in [1.54, 1.807) is 24.7 Å². The van der Waals surface area contributed by atoms with Gasteiger partial charge >= 0.3 is 0 Å². The summed E-state index contributed by atoms with van der Waals surface area (Å²) in [6, 6.07) is 5.43. The van der Waals surface area contributed by atoms with Crippen molar-refractivity contribution in [2.45, 2.75) is 5.33 Å². The molecule has 0 amide bonds. The Morgan fingerprint density at radius 2 is 2.07 bits per heavy atom. The van der Waals surface area contributed by atoms with E-state index < -0.39 is 0 Å². The number of pyridine rings is 2. The monoisotopic (exact) mass is 264 g/mol. The molecule has 0 fully saturated rings. The van der Waals surface area contributed by atoms with Crippen molar-refractivity contribution in [1.29, 1.82) is 0 Å². The first kappa shape index (κ1) is 10.1. The summed E-state index contributed by atoms with van der Waals surface area (Å²) < 4.78 is 0. The predicted molar refractivity (Wildman–Crippen MR) is 62.9 cm³/mol. The average Bonchev–Trinajstić information content (AvgIpc) is 2.30. The zero-order valence-electron chi connectivity index (χ0n) is 7.90. The maximum Gasteiger partial charge on any atom is 0.248 e. The normalized spacial score (nSPS) is 10.2. The van der Waals surface area contributed by atoms with Crippen LogP contribution in [0.3, 0.4) is 0 Å². The molecule has 2 heterocycles. The van der Waals surface area contributed by atoms with Crippen LogP contribution in [-0.4, -0.2) is 9.97 Å². The molecule has 0 aliphatic rings. The van der Waals surface area contributed by atoms with Crippen molar-refractivity contribution in [3.05, 3.63) is 52.7 Å². The van der Waals surface area contributed by atoms with Gasteiger partial charge in [-0.05, 0) is 23.3 Å². The van der Waals surface area contributed by atoms with Crippen LogP contribution in [0.15, 0.2) is 41.6 Å². The van der Waals surface area contributed by atoms with Gasteiger partial charge in [0.15, 0.2) is 0 Å². The summed E-state index contributed by atoms with van der Waals surface area (Å²) in [4.78, 5) is 17.8. The zero-order valence-corrected chi connectivity index (χ0v) is 9.49. The summed E-state index contributed by atoms with van der Waals surface area (Å²) in [7, 11) is 0. The molecule has 0 saturated carbocycles. The lowest BCUT2D eigenvalue weighted by molar-refractivity contribution is 1.20. The Morgan fingerprint density at radius 1 is 1.33 bits per heavy atom. The summed E-state index contributed by atoms with van der Waals surface area (Å²) in [5, 5.41) is 0.661. The second-order valence-electron chi connectivity index (χ2n) is 3.11. The highest BCUT2D eigenvalue weighted by Crippen LogP contribution is 2.22. The van der Waals surface area contributed by atoms with E-state index in [2.05, 4.69) is 25.9 Å². The van der Waals surface area contributed by atoms with Crippen LogP contribution in [0.1, 0.15) is 5.56 Å². The van der Waals surface area contributed by atoms with Crippen LogP contribution >= 0.6 is 15.9 Å². The Morgan fingerprint density at radius 3 is 2.73 bits per heavy atom. The lowest BCUT2D eigenvalue weighted by Crippen LogP contribution is -2.05. The standard InChI is InChI=1S/C11H9BrN2O/c12-6-9-5-11(15)14-7-10(9)8-1-3-13-4-2-8/h1-5,7H,6H2,(H,14,15). The van der Waals surface area contributed by atoms with Gasteiger partial charge in [0.2, 0.25) is 5.56 Å². The van der Waals surface area contributed by atoms with Crippen molar-refractivity contribution in [3.8, 4) is 11.1 Å². The largest absolute Gasteiger partial charge is 0.328 e. The van der Waals surface area contributed by atoms with Crippen molar-refractivity contribution in [3.63, 3.8) is 0 Å². The van der Waals surface area contributed by atoms with Crippen LogP contribution in [0.2, 0.25) is 0 Å². The van der Waals surface area contributed by atoms with E-state index in [4.69, 9.17) is 0 Å². The number of hydrogen-bond donors (Lipinski definition) is 1. The molecule has 0 aromatic carbocycles. The van der Waals surface area contributed by atoms with E-state index >= 15 is 0 Å². The first-order valence-electron chi connectivity index (χ1n) is 4.49. The molecule has 0 spiro atoms. The van der Waals surface area contributed by atoms with E-state index in [1.165, 1.54) is 0 Å². The number of H-pyrrole nitrogens is 1. The number of nitrogens with one attached hydrogen (secondary N) is 1. The molecule has 2 aromatic rings. The molecule has 0 unspecified atom stereocenters. The molecule has 0 saturated heterocycles. The van der Waals surface area contributed by atoms with Crippen molar-refractivity contribution in [2.75, 3.05) is 0 Å². The quantitative estimate of drug-likeness (QED) is 0.847. The lowest BCUT2D eigenvalue weighted by Gasteiger charge is -2.05. The number of aromatic amines is 1. The van der Waals surface area contributed by atoms with Gasteiger partial charge in [0.05, 0.1) is 0 Å². The Labute approximate surface area is 95.3 Å². The van der Waals surface area contributed by atoms with Crippen LogP contribution in [0.4, 0.5) is 0 Å². The second kappa shape index (κ2) is 4.40. The zero-order chi connectivity index (χ0) is 10.7. The number of alkyl halides is 1. The fourth-order valence-corrected chi connectivity index (χ4v) is 1.89. The van der Waals surface area contributed by atoms with E-state index in [1.807, 2.05) is 12.1 Å². The van der Waals surface area contributed by atoms with Crippen molar-refractivity contribution in [1.82, 2.24) is 9.97 Å². The number of halogens is 1. The molecule has 0 radical (unpaired) electrons. The van der Waals surface area contributed by atoms with Gasteiger partial charge < -0.3 is 4.98 Å². The van der Waals surface area contributed by atoms with Crippen LogP contribution in [-0.2, 0) is 5.33 Å². The van der Waals surface area contributed by atoms with Crippen molar-refractivity contribution >= 4 is 15.9 Å². The first-order valence-corrected chi connectivity index (χ1v) is 5.61. The van der Waals surface area contributed by atoms with Gasteiger partial charge in [-0.1, -0.05) is 15.9 Å². The molecule has 1 N–H and O–H groups in total. The minimum absolute atomic E-state index is 0.0812. The van der Waals surface area contributed by atoms with E-state index in [0.29, 0.717) is 5.33 Å². The van der Waals surface area contributed by atoms with Crippen LogP contribution in [0, 0.1) is 0 Å². The Kier molecular flexibility index (Phi) is 2.97. The molecule has 76 valence electrons. The van der Waals surface area contributed by atoms with Gasteiger partial charge in [-0.2, -0.15) is 0 Å². The summed E-state index contributed by atoms with van der Waals surface area (Å²) in [6.45, 7) is 0. The molecular weight excluding hydrogens is 256 g/mol. The van der Waals surface area contributed by atoms with Crippen molar-refractivity contribution in [2.24, 2.45) is 0 Å². The molecule has 2 aromatic heterocycles. The average molecular weight is 265 g/mol. The summed E-state index contributed by atoms with van der Waals surface area (Å²) in [5.74, 6) is 0. The summed E-state index contributed by atoms with van der Waals surface area (Å²) in [6.07, 6.45) is 5.20. The van der Waals surface area contributed by atoms with Gasteiger partial charge in [-0.15, -0.1) is 0 Å². The lowest BCUT2D eigenvalue weighted by atomic mass is 10.0. The Balaban J connectivity index is 2.58. The Bertz CT molecular complexity index is 507. The molecule has 3 nitrogen and oxygen atoms in total. The number of hydrogen-bond acceptors (Lipinski definition) is 2. The third kappa shape index (κ3) is 2.15. The number of nitrogens with zero attached hydrogens (tertiary/aromatic N) is 1. The molecule has 0 aliphatic heterocycles. The SMILES string of the molecule is O=c1cc(CBr)c(-c2ccncc2)c[nH]1. The molecular formula is C11H9BrN2O. The van der Waals surface area contributed by atoms with Crippen LogP contribution in [0.25, 0.3) is 11.1 Å². The highest BCUT2D eigenvalue weighted by molar-refractivity contribution is 9.08. The van der Waals surface area contributed by atoms with Gasteiger partial charge in [0.25, 0.3) is 0 Å². The van der Waals surface area contributed by atoms with E-state index in [0.717, 1.165) is 16.7 Å². The van der Waals surface area contributed by atoms with Gasteiger partial charge in [0.1, 0.15) is 0 Å². The first-order chi connectivity index (χ1) is 7.31. The third-order valence-corrected chi connectivity index (χ3v) is 2.75. The smallest absolute Gasteiger partial charge is 0.248 e. The Hall–Kier alpha value is -1.42. The maximum atomic E-state index is 11.1. The highest BCUT2D eigenvalue weighted by Gasteiger charge is 2.04. The molecule has 2 rings (SSSR count). The highest BCUT2D eigenvalue weighted by atomic mass is 79.9. The summed E-state index contributed by atoms with van der Waals surface area (Å²) >= 11 is 3.37. The molecule has 15 heavy (non-hydrogen) atoms. The topological polar surface area (TPSA) is 45.8 Å².